The fraction of sp³-hybridized carbons (Fsp3) is 0.486. The Balaban J connectivity index is 1.48. The van der Waals surface area contributed by atoms with Crippen molar-refractivity contribution in [3.63, 3.8) is 0 Å². The molecular weight excluding hydrogens is 598 g/mol. The number of anilines is 2. The van der Waals surface area contributed by atoms with E-state index >= 15 is 0 Å². The Bertz CT molecular complexity index is 1560. The van der Waals surface area contributed by atoms with Gasteiger partial charge in [0.15, 0.2) is 0 Å². The standard InChI is InChI=1S/C37H45N3O7/c1-6-24(4)29(23-41)40-32-35(44)39(26-11-15-27(45-5)16-12-26)22-10-20-37(32)31(34(40)43)30-33(42)38(21-9-19-36(30,7-2)47-37)25-13-17-28(18-14-25)46-8-3/h9-20,24,29-32,41H,6-8,21-23H2,1-5H3/t24-,29-,30+,31-,32?,36-,37-/m0/s1. The molecule has 1 unspecified atom stereocenters. The molecule has 4 heterocycles. The number of methoxy groups -OCH3 is 1. The Hall–Kier alpha value is -4.15. The number of carbonyl (C=O) groups is 3. The van der Waals surface area contributed by atoms with E-state index in [1.165, 1.54) is 0 Å². The second kappa shape index (κ2) is 12.8. The molecule has 250 valence electrons. The Morgan fingerprint density at radius 2 is 1.45 bits per heavy atom. The van der Waals surface area contributed by atoms with Crippen molar-refractivity contribution in [2.24, 2.45) is 17.8 Å². The molecule has 4 aliphatic rings. The van der Waals surface area contributed by atoms with Crippen LogP contribution >= 0.6 is 0 Å². The highest BCUT2D eigenvalue weighted by Gasteiger charge is 2.76. The average molecular weight is 644 g/mol. The Morgan fingerprint density at radius 3 is 2.00 bits per heavy atom. The lowest BCUT2D eigenvalue weighted by atomic mass is 9.73. The summed E-state index contributed by atoms with van der Waals surface area (Å²) in [7, 11) is 1.58. The fourth-order valence-corrected chi connectivity index (χ4v) is 7.99. The minimum absolute atomic E-state index is 0.115. The largest absolute Gasteiger partial charge is 0.497 e. The van der Waals surface area contributed by atoms with Crippen LogP contribution in [0.1, 0.15) is 40.5 Å². The van der Waals surface area contributed by atoms with Crippen molar-refractivity contribution >= 4 is 29.1 Å². The van der Waals surface area contributed by atoms with Crippen LogP contribution in [-0.2, 0) is 19.1 Å². The SMILES string of the molecule is CCOc1ccc(N2CC=C[C@]3(CC)O[C@]45C=CCN(c6ccc(OC)cc6)C(=O)C4N([C@@H](CO)[C@@H](C)CC)C(=O)[C@@H]5[C@@H]3C2=O)cc1. The third kappa shape index (κ3) is 5.13. The second-order valence-corrected chi connectivity index (χ2v) is 12.8. The fourth-order valence-electron chi connectivity index (χ4n) is 7.99. The van der Waals surface area contributed by atoms with Gasteiger partial charge in [0.1, 0.15) is 23.1 Å². The predicted molar refractivity (Wildman–Crippen MR) is 178 cm³/mol. The third-order valence-corrected chi connectivity index (χ3v) is 10.6. The highest BCUT2D eigenvalue weighted by atomic mass is 16.5. The third-order valence-electron chi connectivity index (χ3n) is 10.6. The molecule has 0 radical (unpaired) electrons. The van der Waals surface area contributed by atoms with Crippen LogP contribution in [0, 0.1) is 17.8 Å². The molecule has 10 nitrogen and oxygen atoms in total. The van der Waals surface area contributed by atoms with Crippen LogP contribution in [0.15, 0.2) is 72.8 Å². The van der Waals surface area contributed by atoms with E-state index in [0.717, 1.165) is 0 Å². The summed E-state index contributed by atoms with van der Waals surface area (Å²) in [6.45, 7) is 8.59. The summed E-state index contributed by atoms with van der Waals surface area (Å²) in [5, 5.41) is 10.7. The lowest BCUT2D eigenvalue weighted by molar-refractivity contribution is -0.150. The van der Waals surface area contributed by atoms with Crippen LogP contribution in [0.25, 0.3) is 0 Å². The van der Waals surface area contributed by atoms with Crippen molar-refractivity contribution in [1.29, 1.82) is 0 Å². The number of aliphatic hydroxyl groups is 1. The van der Waals surface area contributed by atoms with Crippen molar-refractivity contribution in [3.8, 4) is 11.5 Å². The summed E-state index contributed by atoms with van der Waals surface area (Å²) in [5.41, 5.74) is -1.22. The van der Waals surface area contributed by atoms with Crippen LogP contribution in [0.2, 0.25) is 0 Å². The minimum atomic E-state index is -1.43. The van der Waals surface area contributed by atoms with E-state index in [4.69, 9.17) is 14.2 Å². The highest BCUT2D eigenvalue weighted by Crippen LogP contribution is 2.59. The van der Waals surface area contributed by atoms with Crippen LogP contribution in [0.5, 0.6) is 11.5 Å². The zero-order chi connectivity index (χ0) is 33.5. The summed E-state index contributed by atoms with van der Waals surface area (Å²) in [5.74, 6) is -1.55. The van der Waals surface area contributed by atoms with Crippen molar-refractivity contribution in [1.82, 2.24) is 4.90 Å². The second-order valence-electron chi connectivity index (χ2n) is 12.8. The topological polar surface area (TPSA) is 109 Å². The van der Waals surface area contributed by atoms with Gasteiger partial charge in [-0.2, -0.15) is 0 Å². The van der Waals surface area contributed by atoms with Gasteiger partial charge in [0.05, 0.1) is 43.8 Å². The Morgan fingerprint density at radius 1 is 0.851 bits per heavy atom. The zero-order valence-electron chi connectivity index (χ0n) is 27.8. The average Bonchev–Trinajstić information content (AvgIpc) is 3.38. The maximum Gasteiger partial charge on any atom is 0.253 e. The molecule has 4 aliphatic heterocycles. The molecule has 2 aromatic carbocycles. The first-order valence-corrected chi connectivity index (χ1v) is 16.7. The number of rotatable bonds is 10. The molecule has 0 aromatic heterocycles. The van der Waals surface area contributed by atoms with Crippen LogP contribution in [-0.4, -0.2) is 84.4 Å². The minimum Gasteiger partial charge on any atom is -0.497 e. The number of hydrogen-bond donors (Lipinski definition) is 1. The predicted octanol–water partition coefficient (Wildman–Crippen LogP) is 4.37. The molecule has 1 spiro atoms. The molecule has 7 atom stereocenters. The molecule has 6 rings (SSSR count). The number of fused-ring (bicyclic) bond motifs is 2. The van der Waals surface area contributed by atoms with Crippen molar-refractivity contribution in [2.75, 3.05) is 43.2 Å². The summed E-state index contributed by atoms with van der Waals surface area (Å²) < 4.78 is 18.1. The lowest BCUT2D eigenvalue weighted by Crippen LogP contribution is -2.60. The zero-order valence-corrected chi connectivity index (χ0v) is 27.8. The van der Waals surface area contributed by atoms with E-state index < -0.39 is 35.1 Å². The van der Waals surface area contributed by atoms with Crippen LogP contribution < -0.4 is 19.3 Å². The molecule has 47 heavy (non-hydrogen) atoms. The van der Waals surface area contributed by atoms with E-state index in [9.17, 15) is 19.5 Å². The van der Waals surface area contributed by atoms with Gasteiger partial charge in [0.2, 0.25) is 11.8 Å². The molecule has 1 N–H and O–H groups in total. The van der Waals surface area contributed by atoms with E-state index in [-0.39, 0.29) is 36.8 Å². The molecule has 3 amide bonds. The summed E-state index contributed by atoms with van der Waals surface area (Å²) in [6.07, 6.45) is 8.68. The number of nitrogens with zero attached hydrogens (tertiary/aromatic N) is 3. The number of ether oxygens (including phenoxy) is 3. The number of aliphatic hydroxyl groups excluding tert-OH is 1. The Kier molecular flexibility index (Phi) is 8.93. The normalized spacial score (nSPS) is 29.6. The van der Waals surface area contributed by atoms with E-state index in [0.29, 0.717) is 48.9 Å². The number of likely N-dealkylation sites (tertiary alicyclic amines) is 1. The van der Waals surface area contributed by atoms with Crippen molar-refractivity contribution in [2.45, 2.75) is 63.8 Å². The van der Waals surface area contributed by atoms with Crippen molar-refractivity contribution in [3.05, 3.63) is 72.8 Å². The summed E-state index contributed by atoms with van der Waals surface area (Å²) >= 11 is 0. The molecule has 0 saturated carbocycles. The number of carbonyl (C=O) groups excluding carboxylic acids is 3. The first kappa shape index (κ1) is 32.8. The van der Waals surface area contributed by atoms with Crippen LogP contribution in [0.4, 0.5) is 11.4 Å². The van der Waals surface area contributed by atoms with Gasteiger partial charge in [0.25, 0.3) is 5.91 Å². The maximum absolute atomic E-state index is 15.0. The number of amides is 3. The van der Waals surface area contributed by atoms with Gasteiger partial charge in [-0.25, -0.2) is 0 Å². The molecule has 2 aromatic rings. The van der Waals surface area contributed by atoms with Crippen molar-refractivity contribution < 1.29 is 33.7 Å². The van der Waals surface area contributed by atoms with Gasteiger partial charge < -0.3 is 34.0 Å². The van der Waals surface area contributed by atoms with E-state index in [2.05, 4.69) is 0 Å². The Labute approximate surface area is 276 Å². The van der Waals surface area contributed by atoms with Gasteiger partial charge in [-0.05, 0) is 67.8 Å². The lowest BCUT2D eigenvalue weighted by Gasteiger charge is -2.42. The molecule has 2 saturated heterocycles. The first-order valence-electron chi connectivity index (χ1n) is 16.7. The van der Waals surface area contributed by atoms with Crippen LogP contribution in [0.3, 0.4) is 0 Å². The quantitative estimate of drug-likeness (QED) is 0.383. The first-order chi connectivity index (χ1) is 22.7. The van der Waals surface area contributed by atoms with Gasteiger partial charge >= 0.3 is 0 Å². The van der Waals surface area contributed by atoms with E-state index in [1.807, 2.05) is 88.4 Å². The van der Waals surface area contributed by atoms with Gasteiger partial charge in [-0.15, -0.1) is 0 Å². The summed E-state index contributed by atoms with van der Waals surface area (Å²) in [6, 6.07) is 12.8. The molecule has 2 fully saturated rings. The van der Waals surface area contributed by atoms with Gasteiger partial charge in [-0.1, -0.05) is 51.5 Å². The van der Waals surface area contributed by atoms with E-state index in [1.54, 1.807) is 33.9 Å². The number of hydrogen-bond acceptors (Lipinski definition) is 7. The van der Waals surface area contributed by atoms with Gasteiger partial charge in [-0.3, -0.25) is 14.4 Å². The highest BCUT2D eigenvalue weighted by molar-refractivity contribution is 6.07. The molecule has 0 aliphatic carbocycles. The molecular formula is C37H45N3O7. The maximum atomic E-state index is 15.0. The molecule has 0 bridgehead atoms. The monoisotopic (exact) mass is 643 g/mol. The van der Waals surface area contributed by atoms with Gasteiger partial charge in [0, 0.05) is 24.5 Å². The smallest absolute Gasteiger partial charge is 0.253 e. The summed E-state index contributed by atoms with van der Waals surface area (Å²) in [4.78, 5) is 49.6. The number of benzene rings is 2. The molecule has 10 heteroatoms.